The van der Waals surface area contributed by atoms with Gasteiger partial charge in [0.2, 0.25) is 0 Å². The molecule has 0 fully saturated rings. The number of pyridine rings is 2. The summed E-state index contributed by atoms with van der Waals surface area (Å²) in [5.74, 6) is 0. The fraction of sp³-hybridized carbons (Fsp3) is 0.238. The third kappa shape index (κ3) is 4.74. The Labute approximate surface area is 144 Å². The first kappa shape index (κ1) is 16.3. The maximum atomic E-state index is 4.55. The number of rotatable bonds is 7. The van der Waals surface area contributed by atoms with Gasteiger partial charge in [0, 0.05) is 32.0 Å². The summed E-state index contributed by atoms with van der Waals surface area (Å²) in [4.78, 5) is 11.4. The van der Waals surface area contributed by atoms with Gasteiger partial charge in [-0.2, -0.15) is 0 Å². The van der Waals surface area contributed by atoms with Crippen LogP contribution in [0.2, 0.25) is 0 Å². The predicted octanol–water partition coefficient (Wildman–Crippen LogP) is 4.24. The van der Waals surface area contributed by atoms with Crippen LogP contribution in [0, 0.1) is 0 Å². The highest BCUT2D eigenvalue weighted by Gasteiger charge is 2.10. The lowest BCUT2D eigenvalue weighted by molar-refractivity contribution is 0.241. The summed E-state index contributed by atoms with van der Waals surface area (Å²) in [6.07, 6.45) is 4.80. The Morgan fingerprint density at radius 3 is 2.21 bits per heavy atom. The molecule has 0 spiro atoms. The van der Waals surface area contributed by atoms with Crippen molar-refractivity contribution in [3.63, 3.8) is 0 Å². The minimum Gasteiger partial charge on any atom is -0.287 e. The number of hydrogen-bond acceptors (Lipinski definition) is 3. The summed E-state index contributed by atoms with van der Waals surface area (Å²) in [7, 11) is 0. The smallest absolute Gasteiger partial charge is 0.0546 e. The van der Waals surface area contributed by atoms with Crippen molar-refractivity contribution in [2.24, 2.45) is 0 Å². The molecule has 3 heteroatoms. The second-order valence-corrected chi connectivity index (χ2v) is 5.96. The first-order valence-corrected chi connectivity index (χ1v) is 8.43. The van der Waals surface area contributed by atoms with Crippen molar-refractivity contribution in [2.75, 3.05) is 0 Å². The standard InChI is InChI=1S/C21H23N3/c1-2-18-11-13-23-21(14-18)17-24(15-19-8-4-3-5-9-19)16-20-10-6-7-12-22-20/h3-14H,2,15-17H2,1H3. The van der Waals surface area contributed by atoms with E-state index in [0.29, 0.717) is 0 Å². The topological polar surface area (TPSA) is 29.0 Å². The average Bonchev–Trinajstić information content (AvgIpc) is 2.63. The maximum absolute atomic E-state index is 4.55. The van der Waals surface area contributed by atoms with E-state index in [9.17, 15) is 0 Å². The molecule has 0 N–H and O–H groups in total. The molecule has 0 saturated carbocycles. The highest BCUT2D eigenvalue weighted by molar-refractivity contribution is 5.18. The van der Waals surface area contributed by atoms with Crippen LogP contribution in [0.15, 0.2) is 73.1 Å². The summed E-state index contributed by atoms with van der Waals surface area (Å²) < 4.78 is 0. The monoisotopic (exact) mass is 317 g/mol. The molecule has 0 radical (unpaired) electrons. The van der Waals surface area contributed by atoms with Gasteiger partial charge in [-0.05, 0) is 41.8 Å². The normalized spacial score (nSPS) is 10.9. The summed E-state index contributed by atoms with van der Waals surface area (Å²) in [5.41, 5.74) is 4.83. The molecule has 3 rings (SSSR count). The lowest BCUT2D eigenvalue weighted by atomic mass is 10.1. The van der Waals surface area contributed by atoms with E-state index in [2.05, 4.69) is 70.3 Å². The SMILES string of the molecule is CCc1ccnc(CN(Cc2ccccc2)Cc2ccccn2)c1. The molecule has 24 heavy (non-hydrogen) atoms. The molecular formula is C21H23N3. The number of aromatic nitrogens is 2. The van der Waals surface area contributed by atoms with E-state index in [1.165, 1.54) is 11.1 Å². The molecule has 3 aromatic rings. The lowest BCUT2D eigenvalue weighted by Gasteiger charge is -2.22. The zero-order valence-electron chi connectivity index (χ0n) is 14.1. The van der Waals surface area contributed by atoms with Crippen molar-refractivity contribution in [1.82, 2.24) is 14.9 Å². The molecule has 2 heterocycles. The minimum atomic E-state index is 0.813. The molecule has 0 aliphatic rings. The van der Waals surface area contributed by atoms with Gasteiger partial charge in [0.05, 0.1) is 11.4 Å². The minimum absolute atomic E-state index is 0.813. The molecule has 0 aliphatic heterocycles. The molecule has 0 amide bonds. The van der Waals surface area contributed by atoms with Crippen molar-refractivity contribution < 1.29 is 0 Å². The lowest BCUT2D eigenvalue weighted by Crippen LogP contribution is -2.23. The van der Waals surface area contributed by atoms with E-state index in [1.54, 1.807) is 0 Å². The third-order valence-electron chi connectivity index (χ3n) is 4.04. The van der Waals surface area contributed by atoms with Gasteiger partial charge in [-0.3, -0.25) is 14.9 Å². The van der Waals surface area contributed by atoms with Crippen LogP contribution in [0.25, 0.3) is 0 Å². The number of aryl methyl sites for hydroxylation is 1. The number of nitrogens with zero attached hydrogens (tertiary/aromatic N) is 3. The molecular weight excluding hydrogens is 294 g/mol. The van der Waals surface area contributed by atoms with Crippen LogP contribution in [-0.4, -0.2) is 14.9 Å². The second-order valence-electron chi connectivity index (χ2n) is 5.96. The van der Waals surface area contributed by atoms with Crippen molar-refractivity contribution in [3.05, 3.63) is 95.6 Å². The Morgan fingerprint density at radius 2 is 1.46 bits per heavy atom. The molecule has 2 aromatic heterocycles. The van der Waals surface area contributed by atoms with Gasteiger partial charge in [0.25, 0.3) is 0 Å². The highest BCUT2D eigenvalue weighted by Crippen LogP contribution is 2.13. The average molecular weight is 317 g/mol. The van der Waals surface area contributed by atoms with E-state index in [0.717, 1.165) is 37.4 Å². The summed E-state index contributed by atoms with van der Waals surface area (Å²) >= 11 is 0. The molecule has 0 unspecified atom stereocenters. The molecule has 0 saturated heterocycles. The van der Waals surface area contributed by atoms with Crippen LogP contribution in [-0.2, 0) is 26.1 Å². The first-order chi connectivity index (χ1) is 11.8. The molecule has 0 atom stereocenters. The Kier molecular flexibility index (Phi) is 5.70. The van der Waals surface area contributed by atoms with Crippen molar-refractivity contribution in [2.45, 2.75) is 33.0 Å². The second kappa shape index (κ2) is 8.37. The fourth-order valence-electron chi connectivity index (χ4n) is 2.79. The third-order valence-corrected chi connectivity index (χ3v) is 4.04. The van der Waals surface area contributed by atoms with Gasteiger partial charge in [0.1, 0.15) is 0 Å². The molecule has 3 nitrogen and oxygen atoms in total. The van der Waals surface area contributed by atoms with Crippen LogP contribution in [0.1, 0.15) is 29.4 Å². The molecule has 0 aliphatic carbocycles. The first-order valence-electron chi connectivity index (χ1n) is 8.43. The van der Waals surface area contributed by atoms with Crippen LogP contribution in [0.3, 0.4) is 0 Å². The van der Waals surface area contributed by atoms with E-state index in [1.807, 2.05) is 24.5 Å². The van der Waals surface area contributed by atoms with Gasteiger partial charge in [-0.25, -0.2) is 0 Å². The largest absolute Gasteiger partial charge is 0.287 e. The molecule has 122 valence electrons. The van der Waals surface area contributed by atoms with E-state index in [-0.39, 0.29) is 0 Å². The summed E-state index contributed by atoms with van der Waals surface area (Å²) in [6.45, 7) is 4.69. The highest BCUT2D eigenvalue weighted by atomic mass is 15.1. The van der Waals surface area contributed by atoms with Gasteiger partial charge in [-0.1, -0.05) is 43.3 Å². The number of hydrogen-bond donors (Lipinski definition) is 0. The van der Waals surface area contributed by atoms with Crippen molar-refractivity contribution >= 4 is 0 Å². The van der Waals surface area contributed by atoms with Gasteiger partial charge >= 0.3 is 0 Å². The Balaban J connectivity index is 1.78. The molecule has 0 bridgehead atoms. The Hall–Kier alpha value is -2.52. The van der Waals surface area contributed by atoms with Crippen LogP contribution in [0.5, 0.6) is 0 Å². The zero-order valence-corrected chi connectivity index (χ0v) is 14.1. The Morgan fingerprint density at radius 1 is 0.708 bits per heavy atom. The summed E-state index contributed by atoms with van der Waals surface area (Å²) in [5, 5.41) is 0. The molecule has 1 aromatic carbocycles. The van der Waals surface area contributed by atoms with Crippen LogP contribution >= 0.6 is 0 Å². The van der Waals surface area contributed by atoms with Crippen molar-refractivity contribution in [1.29, 1.82) is 0 Å². The summed E-state index contributed by atoms with van der Waals surface area (Å²) in [6, 6.07) is 20.9. The van der Waals surface area contributed by atoms with Gasteiger partial charge < -0.3 is 0 Å². The van der Waals surface area contributed by atoms with Crippen LogP contribution in [0.4, 0.5) is 0 Å². The van der Waals surface area contributed by atoms with Crippen LogP contribution < -0.4 is 0 Å². The van der Waals surface area contributed by atoms with Gasteiger partial charge in [0.15, 0.2) is 0 Å². The van der Waals surface area contributed by atoms with E-state index in [4.69, 9.17) is 0 Å². The quantitative estimate of drug-likeness (QED) is 0.652. The predicted molar refractivity (Wildman–Crippen MR) is 97.2 cm³/mol. The van der Waals surface area contributed by atoms with Gasteiger partial charge in [-0.15, -0.1) is 0 Å². The Bertz CT molecular complexity index is 700. The zero-order chi connectivity index (χ0) is 16.6. The van der Waals surface area contributed by atoms with E-state index < -0.39 is 0 Å². The maximum Gasteiger partial charge on any atom is 0.0546 e. The van der Waals surface area contributed by atoms with E-state index >= 15 is 0 Å². The van der Waals surface area contributed by atoms with Crippen molar-refractivity contribution in [3.8, 4) is 0 Å². The fourth-order valence-corrected chi connectivity index (χ4v) is 2.79. The number of benzene rings is 1.